The largest absolute Gasteiger partial charge is 0.336 e. The number of hydrogen-bond donors (Lipinski definition) is 0. The summed E-state index contributed by atoms with van der Waals surface area (Å²) in [7, 11) is -0.372. The summed E-state index contributed by atoms with van der Waals surface area (Å²) in [6, 6.07) is 7.68. The van der Waals surface area contributed by atoms with Crippen molar-refractivity contribution >= 4 is 16.1 Å². The molecule has 0 radical (unpaired) electrons. The van der Waals surface area contributed by atoms with Gasteiger partial charge in [-0.1, -0.05) is 32.9 Å². The van der Waals surface area contributed by atoms with Gasteiger partial charge in [-0.3, -0.25) is 4.79 Å². The first-order valence-corrected chi connectivity index (χ1v) is 9.50. The Morgan fingerprint density at radius 1 is 1.00 bits per heavy atom. The minimum absolute atomic E-state index is 0.0441. The Kier molecular flexibility index (Phi) is 5.37. The third kappa shape index (κ3) is 3.96. The van der Waals surface area contributed by atoms with E-state index in [2.05, 4.69) is 20.8 Å². The fourth-order valence-electron chi connectivity index (χ4n) is 2.65. The summed E-state index contributed by atoms with van der Waals surface area (Å²) < 4.78 is 26.8. The van der Waals surface area contributed by atoms with Crippen molar-refractivity contribution in [3.05, 3.63) is 35.4 Å². The zero-order valence-electron chi connectivity index (χ0n) is 15.1. The molecule has 1 aromatic carbocycles. The Hall–Kier alpha value is -1.44. The van der Waals surface area contributed by atoms with Crippen molar-refractivity contribution in [1.29, 1.82) is 0 Å². The van der Waals surface area contributed by atoms with Crippen LogP contribution in [0.1, 0.15) is 36.7 Å². The number of nitrogens with zero attached hydrogens (tertiary/aromatic N) is 3. The van der Waals surface area contributed by atoms with Gasteiger partial charge in [-0.15, -0.1) is 0 Å². The molecule has 1 heterocycles. The molecule has 24 heavy (non-hydrogen) atoms. The van der Waals surface area contributed by atoms with Crippen LogP contribution in [0.3, 0.4) is 0 Å². The van der Waals surface area contributed by atoms with Gasteiger partial charge < -0.3 is 4.90 Å². The van der Waals surface area contributed by atoms with E-state index in [9.17, 15) is 13.2 Å². The van der Waals surface area contributed by atoms with Crippen LogP contribution in [0, 0.1) is 0 Å². The Morgan fingerprint density at radius 2 is 1.50 bits per heavy atom. The van der Waals surface area contributed by atoms with E-state index in [0.29, 0.717) is 31.7 Å². The quantitative estimate of drug-likeness (QED) is 0.828. The van der Waals surface area contributed by atoms with Gasteiger partial charge >= 0.3 is 0 Å². The lowest BCUT2D eigenvalue weighted by Crippen LogP contribution is -2.53. The zero-order chi connectivity index (χ0) is 18.1. The molecule has 6 nitrogen and oxygen atoms in total. The summed E-state index contributed by atoms with van der Waals surface area (Å²) in [5.74, 6) is -0.0441. The predicted octanol–water partition coefficient (Wildman–Crippen LogP) is 1.55. The molecule has 0 spiro atoms. The average Bonchev–Trinajstić information content (AvgIpc) is 2.53. The van der Waals surface area contributed by atoms with Gasteiger partial charge in [0.25, 0.3) is 16.1 Å². The first-order chi connectivity index (χ1) is 11.0. The van der Waals surface area contributed by atoms with Crippen LogP contribution in [0.2, 0.25) is 0 Å². The van der Waals surface area contributed by atoms with Crippen molar-refractivity contribution in [3.63, 3.8) is 0 Å². The molecule has 0 aliphatic carbocycles. The average molecular weight is 353 g/mol. The van der Waals surface area contributed by atoms with Crippen LogP contribution in [0.15, 0.2) is 24.3 Å². The van der Waals surface area contributed by atoms with E-state index in [4.69, 9.17) is 0 Å². The van der Waals surface area contributed by atoms with Gasteiger partial charge in [-0.05, 0) is 23.1 Å². The maximum atomic E-state index is 12.6. The number of hydrogen-bond acceptors (Lipinski definition) is 3. The molecule has 7 heteroatoms. The molecule has 1 aliphatic heterocycles. The smallest absolute Gasteiger partial charge is 0.281 e. The molecular formula is C17H27N3O3S. The second-order valence-electron chi connectivity index (χ2n) is 7.31. The van der Waals surface area contributed by atoms with Gasteiger partial charge in [0, 0.05) is 45.8 Å². The molecule has 1 fully saturated rings. The number of carbonyl (C=O) groups excluding carboxylic acids is 1. The van der Waals surface area contributed by atoms with Crippen molar-refractivity contribution in [2.24, 2.45) is 0 Å². The highest BCUT2D eigenvalue weighted by Gasteiger charge is 2.30. The molecule has 134 valence electrons. The number of carbonyl (C=O) groups is 1. The molecule has 0 unspecified atom stereocenters. The van der Waals surface area contributed by atoms with Crippen LogP contribution in [-0.2, 0) is 15.6 Å². The fraction of sp³-hybridized carbons (Fsp3) is 0.588. The van der Waals surface area contributed by atoms with Crippen LogP contribution in [0.5, 0.6) is 0 Å². The first kappa shape index (κ1) is 18.9. The van der Waals surface area contributed by atoms with E-state index in [1.54, 1.807) is 4.90 Å². The van der Waals surface area contributed by atoms with Gasteiger partial charge in [0.15, 0.2) is 0 Å². The Balaban J connectivity index is 2.03. The maximum Gasteiger partial charge on any atom is 0.281 e. The Bertz CT molecular complexity index is 683. The third-order valence-corrected chi connectivity index (χ3v) is 6.25. The molecule has 0 bridgehead atoms. The van der Waals surface area contributed by atoms with Crippen LogP contribution < -0.4 is 0 Å². The number of rotatable bonds is 3. The second kappa shape index (κ2) is 6.82. The minimum atomic E-state index is -3.41. The molecule has 0 N–H and O–H groups in total. The molecule has 1 aromatic rings. The molecule has 0 saturated carbocycles. The van der Waals surface area contributed by atoms with Crippen LogP contribution >= 0.6 is 0 Å². The number of amides is 1. The van der Waals surface area contributed by atoms with Crippen LogP contribution in [-0.4, -0.2) is 68.1 Å². The van der Waals surface area contributed by atoms with E-state index in [1.807, 2.05) is 24.3 Å². The topological polar surface area (TPSA) is 60.9 Å². The number of piperazine rings is 1. The number of benzene rings is 1. The lowest BCUT2D eigenvalue weighted by Gasteiger charge is -2.35. The predicted molar refractivity (Wildman–Crippen MR) is 95.2 cm³/mol. The Labute approximate surface area is 145 Å². The lowest BCUT2D eigenvalue weighted by molar-refractivity contribution is 0.0695. The highest BCUT2D eigenvalue weighted by molar-refractivity contribution is 7.86. The van der Waals surface area contributed by atoms with Gasteiger partial charge in [0.05, 0.1) is 0 Å². The van der Waals surface area contributed by atoms with E-state index >= 15 is 0 Å². The van der Waals surface area contributed by atoms with Gasteiger partial charge in [0.1, 0.15) is 0 Å². The van der Waals surface area contributed by atoms with E-state index in [0.717, 1.165) is 0 Å². The minimum Gasteiger partial charge on any atom is -0.336 e. The van der Waals surface area contributed by atoms with E-state index in [-0.39, 0.29) is 11.3 Å². The summed E-state index contributed by atoms with van der Waals surface area (Å²) in [6.45, 7) is 7.87. The summed E-state index contributed by atoms with van der Waals surface area (Å²) >= 11 is 0. The highest BCUT2D eigenvalue weighted by Crippen LogP contribution is 2.22. The summed E-state index contributed by atoms with van der Waals surface area (Å²) in [5.41, 5.74) is 1.88. The van der Waals surface area contributed by atoms with Crippen LogP contribution in [0.4, 0.5) is 0 Å². The SMILES string of the molecule is CN(C)S(=O)(=O)N1CCN(C(=O)c2ccc(C(C)(C)C)cc2)CC1. The van der Waals surface area contributed by atoms with Gasteiger partial charge in [0.2, 0.25) is 0 Å². The fourth-order valence-corrected chi connectivity index (χ4v) is 3.73. The van der Waals surface area contributed by atoms with Crippen molar-refractivity contribution in [2.45, 2.75) is 26.2 Å². The van der Waals surface area contributed by atoms with Gasteiger partial charge in [-0.2, -0.15) is 17.0 Å². The maximum absolute atomic E-state index is 12.6. The molecule has 0 aromatic heterocycles. The summed E-state index contributed by atoms with van der Waals surface area (Å²) in [5, 5.41) is 0. The summed E-state index contributed by atoms with van der Waals surface area (Å²) in [6.07, 6.45) is 0. The standard InChI is InChI=1S/C17H27N3O3S/c1-17(2,3)15-8-6-14(7-9-15)16(21)19-10-12-20(13-11-19)24(22,23)18(4)5/h6-9H,10-13H2,1-5H3. The van der Waals surface area contributed by atoms with Crippen molar-refractivity contribution in [1.82, 2.24) is 13.5 Å². The van der Waals surface area contributed by atoms with Crippen molar-refractivity contribution in [2.75, 3.05) is 40.3 Å². The van der Waals surface area contributed by atoms with E-state index in [1.165, 1.54) is 28.3 Å². The van der Waals surface area contributed by atoms with Gasteiger partial charge in [-0.25, -0.2) is 0 Å². The first-order valence-electron chi connectivity index (χ1n) is 8.11. The Morgan fingerprint density at radius 3 is 1.92 bits per heavy atom. The molecule has 2 rings (SSSR count). The molecular weight excluding hydrogens is 326 g/mol. The zero-order valence-corrected chi connectivity index (χ0v) is 15.9. The van der Waals surface area contributed by atoms with E-state index < -0.39 is 10.2 Å². The lowest BCUT2D eigenvalue weighted by atomic mass is 9.86. The van der Waals surface area contributed by atoms with Crippen molar-refractivity contribution < 1.29 is 13.2 Å². The monoisotopic (exact) mass is 353 g/mol. The molecule has 1 aliphatic rings. The molecule has 0 atom stereocenters. The van der Waals surface area contributed by atoms with Crippen LogP contribution in [0.25, 0.3) is 0 Å². The third-order valence-electron chi connectivity index (χ3n) is 4.31. The normalized spacial score (nSPS) is 17.3. The summed E-state index contributed by atoms with van der Waals surface area (Å²) in [4.78, 5) is 14.3. The highest BCUT2D eigenvalue weighted by atomic mass is 32.2. The second-order valence-corrected chi connectivity index (χ2v) is 9.45. The molecule has 1 saturated heterocycles. The van der Waals surface area contributed by atoms with Crippen molar-refractivity contribution in [3.8, 4) is 0 Å². The molecule has 1 amide bonds.